The Morgan fingerprint density at radius 3 is 2.20 bits per heavy atom. The first-order valence-corrected chi connectivity index (χ1v) is 15.9. The number of para-hydroxylation sites is 1. The summed E-state index contributed by atoms with van der Waals surface area (Å²) in [5.74, 6) is -0.664. The van der Waals surface area contributed by atoms with Crippen LogP contribution >= 0.6 is 11.6 Å². The summed E-state index contributed by atoms with van der Waals surface area (Å²) in [6.45, 7) is 5.38. The zero-order chi connectivity index (χ0) is 29.6. The van der Waals surface area contributed by atoms with Gasteiger partial charge in [-0.25, -0.2) is 8.42 Å². The fourth-order valence-corrected chi connectivity index (χ4v) is 6.87. The molecule has 0 spiro atoms. The number of sulfonamides is 1. The number of halogens is 1. The lowest BCUT2D eigenvalue weighted by Gasteiger charge is -2.34. The smallest absolute Gasteiger partial charge is 0.264 e. The minimum absolute atomic E-state index is 0.0223. The number of benzene rings is 3. The Labute approximate surface area is 248 Å². The number of hydrogen-bond acceptors (Lipinski definition) is 4. The highest BCUT2D eigenvalue weighted by Crippen LogP contribution is 2.28. The van der Waals surface area contributed by atoms with Crippen LogP contribution < -0.4 is 9.62 Å². The van der Waals surface area contributed by atoms with Crippen molar-refractivity contribution in [2.24, 2.45) is 0 Å². The van der Waals surface area contributed by atoms with Gasteiger partial charge >= 0.3 is 0 Å². The van der Waals surface area contributed by atoms with E-state index in [4.69, 9.17) is 11.6 Å². The van der Waals surface area contributed by atoms with E-state index in [-0.39, 0.29) is 23.4 Å². The molecule has 0 bridgehead atoms. The highest BCUT2D eigenvalue weighted by Gasteiger charge is 2.35. The van der Waals surface area contributed by atoms with Crippen molar-refractivity contribution >= 4 is 39.1 Å². The van der Waals surface area contributed by atoms with Crippen molar-refractivity contribution in [3.63, 3.8) is 0 Å². The molecule has 0 radical (unpaired) electrons. The van der Waals surface area contributed by atoms with Gasteiger partial charge in [-0.15, -0.1) is 0 Å². The average Bonchev–Trinajstić information content (AvgIpc) is 3.46. The molecule has 1 aliphatic carbocycles. The molecule has 9 heteroatoms. The number of carbonyl (C=O) groups is 2. The third kappa shape index (κ3) is 7.49. The minimum atomic E-state index is -4.15. The van der Waals surface area contributed by atoms with Crippen molar-refractivity contribution in [2.75, 3.05) is 10.8 Å². The highest BCUT2D eigenvalue weighted by molar-refractivity contribution is 7.92. The van der Waals surface area contributed by atoms with Gasteiger partial charge in [0, 0.05) is 17.6 Å². The Morgan fingerprint density at radius 1 is 0.951 bits per heavy atom. The zero-order valence-electron chi connectivity index (χ0n) is 23.8. The van der Waals surface area contributed by atoms with E-state index in [0.717, 1.165) is 41.1 Å². The van der Waals surface area contributed by atoms with Gasteiger partial charge in [0.1, 0.15) is 12.6 Å². The van der Waals surface area contributed by atoms with Crippen LogP contribution in [-0.2, 0) is 26.2 Å². The molecule has 1 N–H and O–H groups in total. The predicted molar refractivity (Wildman–Crippen MR) is 163 cm³/mol. The van der Waals surface area contributed by atoms with Gasteiger partial charge in [-0.2, -0.15) is 0 Å². The topological polar surface area (TPSA) is 86.8 Å². The largest absolute Gasteiger partial charge is 0.352 e. The molecular weight excluding hydrogens is 558 g/mol. The monoisotopic (exact) mass is 595 g/mol. The highest BCUT2D eigenvalue weighted by atomic mass is 35.5. The van der Waals surface area contributed by atoms with Crippen LogP contribution in [0.25, 0.3) is 0 Å². The molecule has 1 atom stereocenters. The minimum Gasteiger partial charge on any atom is -0.352 e. The molecule has 0 saturated heterocycles. The summed E-state index contributed by atoms with van der Waals surface area (Å²) in [6, 6.07) is 20.1. The molecule has 1 saturated carbocycles. The summed E-state index contributed by atoms with van der Waals surface area (Å²) < 4.78 is 29.1. The van der Waals surface area contributed by atoms with Crippen LogP contribution in [0.5, 0.6) is 0 Å². The molecule has 7 nitrogen and oxygen atoms in total. The molecule has 0 unspecified atom stereocenters. The standard InChI is InChI=1S/C32H38ClN3O4S/c1-4-29(32(38)34-27-10-6-7-11-27)35(21-25-15-13-23(2)14-16-25)31(37)22-36(30-12-8-5-9-24(30)3)41(39,40)28-19-17-26(33)18-20-28/h5,8-9,12-20,27,29H,4,6-7,10-11,21-22H2,1-3H3,(H,34,38)/t29-/m0/s1. The van der Waals surface area contributed by atoms with Crippen LogP contribution in [0.4, 0.5) is 5.69 Å². The van der Waals surface area contributed by atoms with Crippen LogP contribution in [0.2, 0.25) is 5.02 Å². The van der Waals surface area contributed by atoms with Crippen LogP contribution in [0, 0.1) is 13.8 Å². The van der Waals surface area contributed by atoms with Crippen molar-refractivity contribution in [3.05, 3.63) is 94.5 Å². The Kier molecular flexibility index (Phi) is 10.1. The van der Waals surface area contributed by atoms with E-state index in [1.807, 2.05) is 44.2 Å². The number of nitrogens with zero attached hydrogens (tertiary/aromatic N) is 2. The second kappa shape index (κ2) is 13.5. The summed E-state index contributed by atoms with van der Waals surface area (Å²) >= 11 is 6.03. The van der Waals surface area contributed by atoms with E-state index in [9.17, 15) is 18.0 Å². The van der Waals surface area contributed by atoms with E-state index in [1.165, 1.54) is 29.2 Å². The van der Waals surface area contributed by atoms with Gasteiger partial charge in [0.2, 0.25) is 11.8 Å². The molecular formula is C32H38ClN3O4S. The summed E-state index contributed by atoms with van der Waals surface area (Å²) in [5, 5.41) is 3.55. The van der Waals surface area contributed by atoms with Gasteiger partial charge in [0.25, 0.3) is 10.0 Å². The van der Waals surface area contributed by atoms with Gasteiger partial charge in [0.05, 0.1) is 10.6 Å². The number of rotatable bonds is 11. The van der Waals surface area contributed by atoms with Crippen molar-refractivity contribution in [3.8, 4) is 0 Å². The van der Waals surface area contributed by atoms with Gasteiger partial charge in [-0.1, -0.05) is 79.4 Å². The molecule has 1 fully saturated rings. The third-order valence-corrected chi connectivity index (χ3v) is 9.65. The molecule has 1 aliphatic rings. The van der Waals surface area contributed by atoms with E-state index >= 15 is 0 Å². The van der Waals surface area contributed by atoms with E-state index < -0.39 is 28.5 Å². The maximum absolute atomic E-state index is 14.2. The fourth-order valence-electron chi connectivity index (χ4n) is 5.27. The number of carbonyl (C=O) groups excluding carboxylic acids is 2. The van der Waals surface area contributed by atoms with Gasteiger partial charge in [-0.05, 0) is 74.6 Å². The van der Waals surface area contributed by atoms with E-state index in [1.54, 1.807) is 25.1 Å². The molecule has 0 aliphatic heterocycles. The van der Waals surface area contributed by atoms with Crippen LogP contribution in [-0.4, -0.2) is 43.8 Å². The van der Waals surface area contributed by atoms with Gasteiger partial charge in [-0.3, -0.25) is 13.9 Å². The van der Waals surface area contributed by atoms with Crippen molar-refractivity contribution in [1.29, 1.82) is 0 Å². The maximum atomic E-state index is 14.2. The molecule has 218 valence electrons. The zero-order valence-corrected chi connectivity index (χ0v) is 25.4. The molecule has 0 heterocycles. The van der Waals surface area contributed by atoms with E-state index in [2.05, 4.69) is 5.32 Å². The number of anilines is 1. The quantitative estimate of drug-likeness (QED) is 0.294. The molecule has 3 aromatic rings. The van der Waals surface area contributed by atoms with Crippen molar-refractivity contribution in [1.82, 2.24) is 10.2 Å². The first kappa shape index (κ1) is 30.6. The van der Waals surface area contributed by atoms with Crippen LogP contribution in [0.1, 0.15) is 55.7 Å². The van der Waals surface area contributed by atoms with Crippen LogP contribution in [0.15, 0.2) is 77.7 Å². The third-order valence-electron chi connectivity index (χ3n) is 7.63. The first-order chi connectivity index (χ1) is 19.6. The van der Waals surface area contributed by atoms with Crippen molar-refractivity contribution < 1.29 is 18.0 Å². The van der Waals surface area contributed by atoms with E-state index in [0.29, 0.717) is 22.7 Å². The molecule has 41 heavy (non-hydrogen) atoms. The SMILES string of the molecule is CC[C@@H](C(=O)NC1CCCC1)N(Cc1ccc(C)cc1)C(=O)CN(c1ccccc1C)S(=O)(=O)c1ccc(Cl)cc1. The summed E-state index contributed by atoms with van der Waals surface area (Å²) in [4.78, 5) is 29.3. The predicted octanol–water partition coefficient (Wildman–Crippen LogP) is 6.02. The molecule has 2 amide bonds. The summed E-state index contributed by atoms with van der Waals surface area (Å²) in [5.41, 5.74) is 3.04. The Morgan fingerprint density at radius 2 is 1.59 bits per heavy atom. The number of amides is 2. The normalized spacial score (nSPS) is 14.4. The second-order valence-corrected chi connectivity index (χ2v) is 13.0. The average molecular weight is 596 g/mol. The summed E-state index contributed by atoms with van der Waals surface area (Å²) in [7, 11) is -4.15. The van der Waals surface area contributed by atoms with Crippen LogP contribution in [0.3, 0.4) is 0 Å². The lowest BCUT2D eigenvalue weighted by Crippen LogP contribution is -2.53. The lowest BCUT2D eigenvalue weighted by molar-refractivity contribution is -0.140. The van der Waals surface area contributed by atoms with Gasteiger partial charge < -0.3 is 10.2 Å². The lowest BCUT2D eigenvalue weighted by atomic mass is 10.1. The van der Waals surface area contributed by atoms with Gasteiger partial charge in [0.15, 0.2) is 0 Å². The Hall–Kier alpha value is -3.36. The molecule has 3 aromatic carbocycles. The molecule has 4 rings (SSSR count). The number of hydrogen-bond donors (Lipinski definition) is 1. The maximum Gasteiger partial charge on any atom is 0.264 e. The Bertz CT molecular complexity index is 1450. The molecule has 0 aromatic heterocycles. The Balaban J connectivity index is 1.72. The number of aryl methyl sites for hydroxylation is 2. The number of nitrogens with one attached hydrogen (secondary N) is 1. The van der Waals surface area contributed by atoms with Crippen molar-refractivity contribution in [2.45, 2.75) is 76.4 Å². The second-order valence-electron chi connectivity index (χ2n) is 10.7. The summed E-state index contributed by atoms with van der Waals surface area (Å²) in [6.07, 6.45) is 4.39. The fraction of sp³-hybridized carbons (Fsp3) is 0.375. The first-order valence-electron chi connectivity index (χ1n) is 14.1.